The Morgan fingerprint density at radius 2 is 0.902 bits per heavy atom. The molecule has 0 aliphatic rings. The van der Waals surface area contributed by atoms with Crippen molar-refractivity contribution in [2.45, 2.75) is 20.2 Å². The topological polar surface area (TPSA) is 137 Å². The Labute approximate surface area is 349 Å². The van der Waals surface area contributed by atoms with Gasteiger partial charge in [-0.25, -0.2) is 19.9 Å². The van der Waals surface area contributed by atoms with Gasteiger partial charge in [-0.15, -0.1) is 13.2 Å². The summed E-state index contributed by atoms with van der Waals surface area (Å²) in [6.45, 7) is 3.87. The molecule has 0 saturated heterocycles. The number of para-hydroxylation sites is 1. The van der Waals surface area contributed by atoms with Gasteiger partial charge < -0.3 is 44.6 Å². The van der Waals surface area contributed by atoms with Gasteiger partial charge >= 0.3 is 6.36 Å². The quantitative estimate of drug-likeness (QED) is 0.0884. The van der Waals surface area contributed by atoms with Crippen molar-refractivity contribution in [2.75, 3.05) is 35.5 Å². The van der Waals surface area contributed by atoms with E-state index < -0.39 is 6.36 Å². The lowest BCUT2D eigenvalue weighted by Crippen LogP contribution is -2.16. The predicted octanol–water partition coefficient (Wildman–Crippen LogP) is 11.0. The first-order valence-corrected chi connectivity index (χ1v) is 18.8. The fourth-order valence-electron chi connectivity index (χ4n) is 6.04. The number of rotatable bonds is 13. The molecule has 0 aliphatic carbocycles. The number of nitrogens with zero attached hydrogens (tertiary/aromatic N) is 6. The minimum atomic E-state index is -4.73. The molecule has 0 radical (unpaired) electrons. The molecule has 0 fully saturated rings. The summed E-state index contributed by atoms with van der Waals surface area (Å²) in [5.41, 5.74) is 6.86. The minimum Gasteiger partial charge on any atom is -0.494 e. The Morgan fingerprint density at radius 1 is 0.492 bits per heavy atom. The van der Waals surface area contributed by atoms with Crippen molar-refractivity contribution in [3.05, 3.63) is 164 Å². The number of anilines is 8. The molecule has 0 unspecified atom stereocenters. The van der Waals surface area contributed by atoms with Crippen LogP contribution < -0.4 is 35.5 Å². The van der Waals surface area contributed by atoms with Gasteiger partial charge in [0.25, 0.3) is 0 Å². The third kappa shape index (κ3) is 11.4. The van der Waals surface area contributed by atoms with Crippen molar-refractivity contribution >= 4 is 46.0 Å². The van der Waals surface area contributed by atoms with Crippen LogP contribution >= 0.6 is 0 Å². The summed E-state index contributed by atoms with van der Waals surface area (Å²) < 4.78 is 55.7. The normalized spacial score (nSPS) is 10.9. The van der Waals surface area contributed by atoms with E-state index in [0.29, 0.717) is 23.1 Å². The van der Waals surface area contributed by atoms with Crippen LogP contribution in [0.2, 0.25) is 0 Å². The first-order chi connectivity index (χ1) is 29.5. The number of methoxy groups -OCH3 is 2. The second-order valence-corrected chi connectivity index (χ2v) is 13.4. The van der Waals surface area contributed by atoms with Gasteiger partial charge in [-0.1, -0.05) is 30.3 Å². The highest BCUT2D eigenvalue weighted by atomic mass is 19.4. The number of alkyl halides is 3. The molecule has 0 saturated carbocycles. The first-order valence-electron chi connectivity index (χ1n) is 18.8. The zero-order chi connectivity index (χ0) is 42.8. The van der Waals surface area contributed by atoms with Gasteiger partial charge in [0.2, 0.25) is 0 Å². The summed E-state index contributed by atoms with van der Waals surface area (Å²) in [6, 6.07) is 38.1. The molecular weight excluding hydrogens is 786 g/mol. The maximum absolute atomic E-state index is 12.3. The van der Waals surface area contributed by atoms with E-state index >= 15 is 0 Å². The van der Waals surface area contributed by atoms with Crippen LogP contribution in [-0.2, 0) is 0 Å². The van der Waals surface area contributed by atoms with Crippen molar-refractivity contribution in [1.82, 2.24) is 29.1 Å². The molecule has 16 heteroatoms. The summed E-state index contributed by atoms with van der Waals surface area (Å²) in [4.78, 5) is 17.6. The number of aromatic nitrogens is 6. The predicted molar refractivity (Wildman–Crippen MR) is 231 cm³/mol. The van der Waals surface area contributed by atoms with Gasteiger partial charge in [0.05, 0.1) is 49.6 Å². The highest BCUT2D eigenvalue weighted by Crippen LogP contribution is 2.31. The molecule has 8 rings (SSSR count). The van der Waals surface area contributed by atoms with Crippen molar-refractivity contribution in [1.29, 1.82) is 0 Å². The zero-order valence-electron chi connectivity index (χ0n) is 33.5. The van der Waals surface area contributed by atoms with Gasteiger partial charge in [0, 0.05) is 47.3 Å². The molecule has 4 aromatic heterocycles. The number of ether oxygens (including phenoxy) is 3. The molecule has 0 amide bonds. The third-order valence-electron chi connectivity index (χ3n) is 8.79. The van der Waals surface area contributed by atoms with Crippen molar-refractivity contribution in [2.24, 2.45) is 0 Å². The van der Waals surface area contributed by atoms with E-state index in [1.165, 1.54) is 24.3 Å². The highest BCUT2D eigenvalue weighted by molar-refractivity contribution is 5.67. The molecule has 4 N–H and O–H groups in total. The van der Waals surface area contributed by atoms with Crippen molar-refractivity contribution in [3.8, 4) is 28.6 Å². The Hall–Kier alpha value is -8.01. The third-order valence-corrected chi connectivity index (χ3v) is 8.79. The fourth-order valence-corrected chi connectivity index (χ4v) is 6.04. The second-order valence-electron chi connectivity index (χ2n) is 13.4. The molecule has 4 heterocycles. The first kappa shape index (κ1) is 41.2. The van der Waals surface area contributed by atoms with E-state index in [2.05, 4.69) is 45.9 Å². The number of hydrogen-bond acceptors (Lipinski definition) is 11. The maximum Gasteiger partial charge on any atom is 0.573 e. The summed E-state index contributed by atoms with van der Waals surface area (Å²) in [7, 11) is 3.26. The average Bonchev–Trinajstić information content (AvgIpc) is 3.89. The van der Waals surface area contributed by atoms with Gasteiger partial charge in [-0.3, -0.25) is 0 Å². The number of imidazole rings is 2. The lowest BCUT2D eigenvalue weighted by Gasteiger charge is -2.13. The van der Waals surface area contributed by atoms with E-state index in [1.807, 2.05) is 120 Å². The molecule has 61 heavy (non-hydrogen) atoms. The molecule has 13 nitrogen and oxygen atoms in total. The van der Waals surface area contributed by atoms with Crippen molar-refractivity contribution in [3.63, 3.8) is 0 Å². The molecule has 8 aromatic rings. The highest BCUT2D eigenvalue weighted by Gasteiger charge is 2.31. The van der Waals surface area contributed by atoms with Crippen LogP contribution in [0.3, 0.4) is 0 Å². The number of halogens is 3. The molecule has 0 spiro atoms. The second kappa shape index (κ2) is 18.7. The molecule has 4 aromatic carbocycles. The smallest absolute Gasteiger partial charge is 0.494 e. The average molecular weight is 827 g/mol. The minimum absolute atomic E-state index is 0.292. The van der Waals surface area contributed by atoms with Crippen LogP contribution in [0.5, 0.6) is 17.2 Å². The molecule has 310 valence electrons. The number of benzene rings is 4. The Morgan fingerprint density at radius 3 is 1.30 bits per heavy atom. The van der Waals surface area contributed by atoms with Gasteiger partial charge in [-0.05, 0) is 98.8 Å². The Balaban J connectivity index is 0.000000186. The van der Waals surface area contributed by atoms with E-state index in [1.54, 1.807) is 45.1 Å². The van der Waals surface area contributed by atoms with Gasteiger partial charge in [-0.2, -0.15) is 0 Å². The van der Waals surface area contributed by atoms with Gasteiger partial charge in [0.1, 0.15) is 40.5 Å². The van der Waals surface area contributed by atoms with E-state index in [0.717, 1.165) is 57.2 Å². The SMILES string of the molecule is COc1cc(Nc2cccc(Nc3ccc(OC(F)(F)F)cc3)n2)ccc1-n1cnc(C)c1.COc1cc(Nc2cccc(Nc3ccccc3)n2)ccc1-n1cnc(C)c1. The molecule has 0 atom stereocenters. The van der Waals surface area contributed by atoms with Crippen LogP contribution in [0, 0.1) is 13.8 Å². The number of nitrogens with one attached hydrogen (secondary N) is 4. The lowest BCUT2D eigenvalue weighted by molar-refractivity contribution is -0.274. The molecule has 0 aliphatic heterocycles. The molecule has 0 bridgehead atoms. The maximum atomic E-state index is 12.3. The van der Waals surface area contributed by atoms with E-state index in [-0.39, 0.29) is 5.75 Å². The standard InChI is InChI=1S/C23H20F3N5O2.C22H21N5O/c1-15-13-31(14-27-15)19-11-8-17(12-20(19)32-2)29-22-5-3-4-21(30-22)28-16-6-9-18(10-7-16)33-23(24,25)26;1-16-14-27(15-23-16)19-12-11-18(13-20(19)28-2)25-22-10-6-9-21(26-22)24-17-7-4-3-5-8-17/h3-14H,1-2H3,(H2,28,29,30);3-15H,1-2H3,(H2,24,25,26). The Kier molecular flexibility index (Phi) is 12.6. The number of pyridine rings is 2. The van der Waals surface area contributed by atoms with Crippen LogP contribution in [0.25, 0.3) is 11.4 Å². The molecular formula is C45H41F3N10O3. The summed E-state index contributed by atoms with van der Waals surface area (Å²) in [6.07, 6.45) is 2.64. The lowest BCUT2D eigenvalue weighted by atomic mass is 10.2. The van der Waals surface area contributed by atoms with Crippen LogP contribution in [-0.4, -0.2) is 49.7 Å². The van der Waals surface area contributed by atoms with Crippen LogP contribution in [0.4, 0.5) is 59.2 Å². The number of hydrogen-bond donors (Lipinski definition) is 4. The van der Waals surface area contributed by atoms with Crippen molar-refractivity contribution < 1.29 is 27.4 Å². The number of aryl methyl sites for hydroxylation is 2. The van der Waals surface area contributed by atoms with E-state index in [4.69, 9.17) is 9.47 Å². The van der Waals surface area contributed by atoms with Gasteiger partial charge in [0.15, 0.2) is 0 Å². The van der Waals surface area contributed by atoms with E-state index in [9.17, 15) is 13.2 Å². The summed E-state index contributed by atoms with van der Waals surface area (Å²) in [5.74, 6) is 3.73. The largest absolute Gasteiger partial charge is 0.573 e. The summed E-state index contributed by atoms with van der Waals surface area (Å²) in [5, 5.41) is 12.9. The van der Waals surface area contributed by atoms with Crippen LogP contribution in [0.1, 0.15) is 11.4 Å². The zero-order valence-corrected chi connectivity index (χ0v) is 33.5. The Bertz CT molecular complexity index is 2690. The summed E-state index contributed by atoms with van der Waals surface area (Å²) >= 11 is 0. The van der Waals surface area contributed by atoms with Crippen LogP contribution in [0.15, 0.2) is 152 Å². The monoisotopic (exact) mass is 826 g/mol. The fraction of sp³-hybridized carbons (Fsp3) is 0.111.